The summed E-state index contributed by atoms with van der Waals surface area (Å²) < 4.78 is 16.3. The van der Waals surface area contributed by atoms with E-state index in [4.69, 9.17) is 5.10 Å². The Bertz CT molecular complexity index is 1490. The monoisotopic (exact) mass is 577 g/mol. The summed E-state index contributed by atoms with van der Waals surface area (Å²) in [6, 6.07) is 14.3. The highest BCUT2D eigenvalue weighted by atomic mass is 32.2. The highest BCUT2D eigenvalue weighted by Gasteiger charge is 2.40. The van der Waals surface area contributed by atoms with Gasteiger partial charge in [0.2, 0.25) is 17.7 Å². The fourth-order valence-electron chi connectivity index (χ4n) is 5.48. The number of carbonyl (C=O) groups excluding carboxylic acids is 3. The predicted molar refractivity (Wildman–Crippen MR) is 159 cm³/mol. The van der Waals surface area contributed by atoms with Crippen molar-refractivity contribution < 1.29 is 18.8 Å². The quantitative estimate of drug-likeness (QED) is 0.457. The van der Waals surface area contributed by atoms with Gasteiger partial charge in [0.1, 0.15) is 18.2 Å². The molecular formula is C31H36FN5O3S. The molecule has 2 aliphatic heterocycles. The molecule has 3 heterocycles. The number of hydrogen-bond donors (Lipinski definition) is 0. The van der Waals surface area contributed by atoms with Crippen molar-refractivity contribution in [2.75, 3.05) is 43.4 Å². The molecule has 3 aromatic rings. The Morgan fingerprint density at radius 3 is 2.34 bits per heavy atom. The molecule has 8 nitrogen and oxygen atoms in total. The summed E-state index contributed by atoms with van der Waals surface area (Å²) in [6.45, 7) is 11.3. The molecule has 0 bridgehead atoms. The largest absolute Gasteiger partial charge is 0.339 e. The van der Waals surface area contributed by atoms with Crippen molar-refractivity contribution in [3.63, 3.8) is 0 Å². The maximum absolute atomic E-state index is 14.5. The van der Waals surface area contributed by atoms with Crippen LogP contribution in [-0.4, -0.2) is 75.8 Å². The molecular weight excluding hydrogens is 541 g/mol. The van der Waals surface area contributed by atoms with Gasteiger partial charge in [0.25, 0.3) is 0 Å². The van der Waals surface area contributed by atoms with Gasteiger partial charge in [0.15, 0.2) is 0 Å². The summed E-state index contributed by atoms with van der Waals surface area (Å²) in [4.78, 5) is 44.3. The molecule has 2 aromatic carbocycles. The topological polar surface area (TPSA) is 78.8 Å². The molecule has 0 aliphatic carbocycles. The fourth-order valence-corrected chi connectivity index (χ4v) is 6.67. The number of piperazine rings is 1. The smallest absolute Gasteiger partial charge is 0.242 e. The zero-order valence-electron chi connectivity index (χ0n) is 24.2. The van der Waals surface area contributed by atoms with Crippen LogP contribution in [0, 0.1) is 12.7 Å². The van der Waals surface area contributed by atoms with Gasteiger partial charge in [-0.05, 0) is 36.2 Å². The number of aromatic nitrogens is 2. The van der Waals surface area contributed by atoms with E-state index in [9.17, 15) is 18.8 Å². The van der Waals surface area contributed by atoms with Crippen LogP contribution in [0.15, 0.2) is 48.5 Å². The van der Waals surface area contributed by atoms with E-state index in [0.29, 0.717) is 32.0 Å². The van der Waals surface area contributed by atoms with E-state index in [1.54, 1.807) is 25.4 Å². The Labute approximate surface area is 244 Å². The van der Waals surface area contributed by atoms with Crippen molar-refractivity contribution in [1.29, 1.82) is 0 Å². The molecule has 2 aliphatic rings. The molecule has 3 amide bonds. The third-order valence-corrected chi connectivity index (χ3v) is 8.92. The number of amides is 3. The van der Waals surface area contributed by atoms with Crippen molar-refractivity contribution in [2.45, 2.75) is 45.3 Å². The van der Waals surface area contributed by atoms with E-state index in [1.165, 1.54) is 30.8 Å². The number of rotatable bonds is 4. The van der Waals surface area contributed by atoms with Crippen LogP contribution >= 0.6 is 11.8 Å². The molecule has 1 fully saturated rings. The van der Waals surface area contributed by atoms with Gasteiger partial charge in [0.05, 0.1) is 22.4 Å². The number of anilines is 1. The number of carbonyl (C=O) groups is 3. The number of aryl methyl sites for hydroxylation is 1. The first-order valence-electron chi connectivity index (χ1n) is 13.9. The van der Waals surface area contributed by atoms with Crippen LogP contribution in [-0.2, 0) is 19.8 Å². The number of thioether (sulfide) groups is 1. The van der Waals surface area contributed by atoms with E-state index in [-0.39, 0.29) is 41.1 Å². The predicted octanol–water partition coefficient (Wildman–Crippen LogP) is 4.48. The van der Waals surface area contributed by atoms with Gasteiger partial charge < -0.3 is 9.80 Å². The van der Waals surface area contributed by atoms with E-state index >= 15 is 0 Å². The van der Waals surface area contributed by atoms with E-state index in [0.717, 1.165) is 28.1 Å². The van der Waals surface area contributed by atoms with Gasteiger partial charge in [-0.15, -0.1) is 11.8 Å². The summed E-state index contributed by atoms with van der Waals surface area (Å²) >= 11 is 1.43. The molecule has 41 heavy (non-hydrogen) atoms. The van der Waals surface area contributed by atoms with Crippen LogP contribution in [0.3, 0.4) is 0 Å². The Balaban J connectivity index is 1.66. The highest BCUT2D eigenvalue weighted by molar-refractivity contribution is 8.00. The first kappa shape index (κ1) is 28.9. The SMILES string of the molecule is CC(=O)N1CCN(C(=O)CN2C(=O)CS[C@@H](c3cccc(F)c3)c3c(C(C)(C)C)nn(-c4ccccc4C)c32)CC1. The number of para-hydroxylation sites is 1. The number of benzene rings is 2. The lowest BCUT2D eigenvalue weighted by atomic mass is 9.87. The molecule has 1 atom stereocenters. The van der Waals surface area contributed by atoms with E-state index in [2.05, 4.69) is 20.8 Å². The summed E-state index contributed by atoms with van der Waals surface area (Å²) in [6.07, 6.45) is 0. The fraction of sp³-hybridized carbons (Fsp3) is 0.419. The maximum Gasteiger partial charge on any atom is 0.242 e. The third-order valence-electron chi connectivity index (χ3n) is 7.67. The molecule has 0 spiro atoms. The Hall–Kier alpha value is -3.66. The van der Waals surface area contributed by atoms with Gasteiger partial charge in [-0.25, -0.2) is 9.07 Å². The molecule has 1 saturated heterocycles. The zero-order chi connectivity index (χ0) is 29.5. The summed E-state index contributed by atoms with van der Waals surface area (Å²) in [5, 5.41) is 4.75. The lowest BCUT2D eigenvalue weighted by molar-refractivity contribution is -0.137. The number of hydrogen-bond acceptors (Lipinski definition) is 5. The molecule has 10 heteroatoms. The summed E-state index contributed by atoms with van der Waals surface area (Å²) in [5.41, 5.74) is 3.72. The second-order valence-corrected chi connectivity index (χ2v) is 12.7. The highest BCUT2D eigenvalue weighted by Crippen LogP contribution is 2.48. The van der Waals surface area contributed by atoms with E-state index < -0.39 is 5.41 Å². The van der Waals surface area contributed by atoms with Crippen LogP contribution in [0.5, 0.6) is 0 Å². The van der Waals surface area contributed by atoms with Crippen molar-refractivity contribution in [2.24, 2.45) is 0 Å². The van der Waals surface area contributed by atoms with Crippen LogP contribution in [0.4, 0.5) is 10.2 Å². The van der Waals surface area contributed by atoms with E-state index in [1.807, 2.05) is 37.3 Å². The summed E-state index contributed by atoms with van der Waals surface area (Å²) in [7, 11) is 0. The molecule has 0 unspecified atom stereocenters. The van der Waals surface area contributed by atoms with Crippen LogP contribution in [0.2, 0.25) is 0 Å². The van der Waals surface area contributed by atoms with Crippen molar-refractivity contribution in [3.8, 4) is 5.69 Å². The average Bonchev–Trinajstić information content (AvgIpc) is 3.26. The number of halogens is 1. The van der Waals surface area contributed by atoms with Crippen LogP contribution < -0.4 is 4.90 Å². The van der Waals surface area contributed by atoms with Crippen molar-refractivity contribution >= 4 is 35.3 Å². The lowest BCUT2D eigenvalue weighted by Gasteiger charge is -2.35. The second kappa shape index (κ2) is 11.3. The van der Waals surface area contributed by atoms with Crippen molar-refractivity contribution in [1.82, 2.24) is 19.6 Å². The number of nitrogens with zero attached hydrogens (tertiary/aromatic N) is 5. The molecule has 0 radical (unpaired) electrons. The molecule has 216 valence electrons. The zero-order valence-corrected chi connectivity index (χ0v) is 25.0. The second-order valence-electron chi connectivity index (χ2n) is 11.6. The first-order valence-corrected chi connectivity index (χ1v) is 14.9. The Kier molecular flexibility index (Phi) is 7.96. The maximum atomic E-state index is 14.5. The van der Waals surface area contributed by atoms with Crippen LogP contribution in [0.25, 0.3) is 5.69 Å². The molecule has 1 aromatic heterocycles. The number of fused-ring (bicyclic) bond motifs is 1. The summed E-state index contributed by atoms with van der Waals surface area (Å²) in [5.74, 6) is -0.0809. The normalized spacial score (nSPS) is 17.9. The van der Waals surface area contributed by atoms with Crippen molar-refractivity contribution in [3.05, 3.63) is 76.7 Å². The van der Waals surface area contributed by atoms with Gasteiger partial charge >= 0.3 is 0 Å². The molecule has 0 saturated carbocycles. The Morgan fingerprint density at radius 2 is 1.71 bits per heavy atom. The van der Waals surface area contributed by atoms with Gasteiger partial charge in [-0.1, -0.05) is 51.1 Å². The average molecular weight is 578 g/mol. The first-order chi connectivity index (χ1) is 19.5. The van der Waals surface area contributed by atoms with Gasteiger partial charge in [0, 0.05) is 44.1 Å². The van der Waals surface area contributed by atoms with Crippen LogP contribution in [0.1, 0.15) is 55.3 Å². The molecule has 0 N–H and O–H groups in total. The minimum absolute atomic E-state index is 0.0123. The minimum Gasteiger partial charge on any atom is -0.339 e. The van der Waals surface area contributed by atoms with Gasteiger partial charge in [-0.2, -0.15) is 5.10 Å². The standard InChI is InChI=1S/C31H36FN5O3S/c1-20-9-6-7-12-24(20)37-30-27(29(33-37)31(3,4)5)28(22-10-8-11-23(32)17-22)41-19-26(40)36(30)18-25(39)35-15-13-34(14-16-35)21(2)38/h6-12,17,28H,13-16,18-19H2,1-5H3/t28-/m0/s1. The third kappa shape index (κ3) is 5.75. The lowest BCUT2D eigenvalue weighted by Crippen LogP contribution is -2.53. The Morgan fingerprint density at radius 1 is 1.02 bits per heavy atom. The van der Waals surface area contributed by atoms with Gasteiger partial charge in [-0.3, -0.25) is 19.3 Å². The molecule has 5 rings (SSSR count). The minimum atomic E-state index is -0.407.